The Morgan fingerprint density at radius 1 is 1.69 bits per heavy atom. The Kier molecular flexibility index (Phi) is 3.31. The van der Waals surface area contributed by atoms with Gasteiger partial charge < -0.3 is 10.8 Å². The summed E-state index contributed by atoms with van der Waals surface area (Å²) in [7, 11) is 0. The molecular weight excluding hydrogens is 226 g/mol. The van der Waals surface area contributed by atoms with E-state index in [4.69, 9.17) is 10.8 Å². The number of rotatable bonds is 2. The van der Waals surface area contributed by atoms with E-state index in [-0.39, 0.29) is 23.5 Å². The molecule has 0 amide bonds. The Morgan fingerprint density at radius 2 is 2.50 bits per heavy atom. The standard InChI is InChI=1S/C10H13N3O2S/c11-8-1-3-13(10(15)12-8)9-5-7(6-14)2-4-16-9/h1,3,5,9,14H,2,4,6H2,(H2,11,12,15)/t9-/m1/s1. The fourth-order valence-corrected chi connectivity index (χ4v) is 2.79. The van der Waals surface area contributed by atoms with Crippen molar-refractivity contribution >= 4 is 17.6 Å². The van der Waals surface area contributed by atoms with Gasteiger partial charge in [0.1, 0.15) is 11.2 Å². The average Bonchev–Trinajstić information content (AvgIpc) is 2.29. The molecule has 6 heteroatoms. The van der Waals surface area contributed by atoms with Crippen molar-refractivity contribution in [3.8, 4) is 0 Å². The van der Waals surface area contributed by atoms with Crippen LogP contribution in [0.4, 0.5) is 5.82 Å². The lowest BCUT2D eigenvalue weighted by Crippen LogP contribution is -2.26. The monoisotopic (exact) mass is 239 g/mol. The van der Waals surface area contributed by atoms with E-state index in [9.17, 15) is 4.79 Å². The number of aliphatic hydroxyl groups excluding tert-OH is 1. The van der Waals surface area contributed by atoms with Gasteiger partial charge in [0.2, 0.25) is 0 Å². The molecule has 0 radical (unpaired) electrons. The van der Waals surface area contributed by atoms with Crippen LogP contribution in [0.25, 0.3) is 0 Å². The molecule has 2 heterocycles. The van der Waals surface area contributed by atoms with Crippen molar-refractivity contribution < 1.29 is 5.11 Å². The molecule has 16 heavy (non-hydrogen) atoms. The molecule has 0 saturated carbocycles. The SMILES string of the molecule is Nc1ccn([C@H]2C=C(CO)CCS2)c(=O)n1. The lowest BCUT2D eigenvalue weighted by atomic mass is 10.2. The first-order valence-corrected chi connectivity index (χ1v) is 6.02. The summed E-state index contributed by atoms with van der Waals surface area (Å²) in [6.45, 7) is 0.0498. The average molecular weight is 239 g/mol. The van der Waals surface area contributed by atoms with Gasteiger partial charge in [0.15, 0.2) is 0 Å². The van der Waals surface area contributed by atoms with Crippen molar-refractivity contribution in [2.45, 2.75) is 11.8 Å². The number of thioether (sulfide) groups is 1. The predicted octanol–water partition coefficient (Wildman–Crippen LogP) is 0.380. The molecule has 1 atom stereocenters. The van der Waals surface area contributed by atoms with Gasteiger partial charge in [-0.25, -0.2) is 4.79 Å². The topological polar surface area (TPSA) is 81.1 Å². The molecule has 1 aromatic rings. The minimum atomic E-state index is -0.354. The van der Waals surface area contributed by atoms with Gasteiger partial charge >= 0.3 is 5.69 Å². The van der Waals surface area contributed by atoms with Gasteiger partial charge in [-0.1, -0.05) is 0 Å². The Labute approximate surface area is 97.0 Å². The molecule has 0 spiro atoms. The number of nitrogens with zero attached hydrogens (tertiary/aromatic N) is 2. The largest absolute Gasteiger partial charge is 0.392 e. The van der Waals surface area contributed by atoms with E-state index >= 15 is 0 Å². The van der Waals surface area contributed by atoms with Crippen molar-refractivity contribution in [3.05, 3.63) is 34.4 Å². The molecular formula is C10H13N3O2S. The number of nitrogen functional groups attached to an aromatic ring is 1. The van der Waals surface area contributed by atoms with Crippen LogP contribution in [0.15, 0.2) is 28.7 Å². The first-order chi connectivity index (χ1) is 7.70. The summed E-state index contributed by atoms with van der Waals surface area (Å²) in [6.07, 6.45) is 4.42. The molecule has 0 bridgehead atoms. The Balaban J connectivity index is 2.34. The summed E-state index contributed by atoms with van der Waals surface area (Å²) in [5.41, 5.74) is 6.04. The zero-order valence-corrected chi connectivity index (χ0v) is 9.48. The van der Waals surface area contributed by atoms with E-state index in [0.717, 1.165) is 17.7 Å². The van der Waals surface area contributed by atoms with Crippen LogP contribution in [0, 0.1) is 0 Å². The molecule has 0 unspecified atom stereocenters. The first-order valence-electron chi connectivity index (χ1n) is 4.97. The van der Waals surface area contributed by atoms with E-state index in [1.807, 2.05) is 6.08 Å². The number of nitrogens with two attached hydrogens (primary N) is 1. The van der Waals surface area contributed by atoms with Gasteiger partial charge in [-0.3, -0.25) is 4.57 Å². The maximum Gasteiger partial charge on any atom is 0.350 e. The Bertz CT molecular complexity index is 469. The molecule has 86 valence electrons. The summed E-state index contributed by atoms with van der Waals surface area (Å²) >= 11 is 1.65. The normalized spacial score (nSPS) is 20.6. The number of aromatic nitrogens is 2. The van der Waals surface area contributed by atoms with Crippen LogP contribution in [0.1, 0.15) is 11.8 Å². The molecule has 5 nitrogen and oxygen atoms in total. The van der Waals surface area contributed by atoms with E-state index in [1.165, 1.54) is 4.57 Å². The molecule has 0 saturated heterocycles. The minimum absolute atomic E-state index is 0.0498. The van der Waals surface area contributed by atoms with E-state index in [0.29, 0.717) is 0 Å². The van der Waals surface area contributed by atoms with Crippen molar-refractivity contribution in [3.63, 3.8) is 0 Å². The van der Waals surface area contributed by atoms with Gasteiger partial charge in [-0.05, 0) is 29.9 Å². The molecule has 1 aliphatic rings. The van der Waals surface area contributed by atoms with E-state index < -0.39 is 0 Å². The van der Waals surface area contributed by atoms with Gasteiger partial charge in [0.05, 0.1) is 6.61 Å². The van der Waals surface area contributed by atoms with Crippen LogP contribution >= 0.6 is 11.8 Å². The van der Waals surface area contributed by atoms with Crippen molar-refractivity contribution in [2.75, 3.05) is 18.1 Å². The fourth-order valence-electron chi connectivity index (χ4n) is 1.56. The van der Waals surface area contributed by atoms with Crippen molar-refractivity contribution in [1.29, 1.82) is 0 Å². The molecule has 3 N–H and O–H groups in total. The summed E-state index contributed by atoms with van der Waals surface area (Å²) < 4.78 is 1.52. The van der Waals surface area contributed by atoms with Crippen LogP contribution < -0.4 is 11.4 Å². The van der Waals surface area contributed by atoms with Crippen molar-refractivity contribution in [1.82, 2.24) is 9.55 Å². The first kappa shape index (κ1) is 11.2. The van der Waals surface area contributed by atoms with Gasteiger partial charge in [-0.2, -0.15) is 4.98 Å². The zero-order chi connectivity index (χ0) is 11.5. The zero-order valence-electron chi connectivity index (χ0n) is 8.67. The molecule has 0 aromatic carbocycles. The second-order valence-corrected chi connectivity index (χ2v) is 4.76. The van der Waals surface area contributed by atoms with Crippen LogP contribution in [0.3, 0.4) is 0 Å². The fraction of sp³-hybridized carbons (Fsp3) is 0.400. The summed E-state index contributed by atoms with van der Waals surface area (Å²) in [4.78, 5) is 15.3. The van der Waals surface area contributed by atoms with Crippen LogP contribution in [-0.2, 0) is 0 Å². The van der Waals surface area contributed by atoms with E-state index in [1.54, 1.807) is 24.0 Å². The Hall–Kier alpha value is -1.27. The van der Waals surface area contributed by atoms with Crippen molar-refractivity contribution in [2.24, 2.45) is 0 Å². The highest BCUT2D eigenvalue weighted by Gasteiger charge is 2.16. The third-order valence-corrected chi connectivity index (χ3v) is 3.56. The Morgan fingerprint density at radius 3 is 3.19 bits per heavy atom. The lowest BCUT2D eigenvalue weighted by molar-refractivity contribution is 0.326. The maximum absolute atomic E-state index is 11.6. The highest BCUT2D eigenvalue weighted by Crippen LogP contribution is 2.30. The highest BCUT2D eigenvalue weighted by atomic mass is 32.2. The van der Waals surface area contributed by atoms with Gasteiger partial charge in [0.25, 0.3) is 0 Å². The smallest absolute Gasteiger partial charge is 0.350 e. The second kappa shape index (κ2) is 4.71. The highest BCUT2D eigenvalue weighted by molar-refractivity contribution is 7.99. The third kappa shape index (κ3) is 2.28. The predicted molar refractivity (Wildman–Crippen MR) is 64.2 cm³/mol. The van der Waals surface area contributed by atoms with Crippen LogP contribution in [-0.4, -0.2) is 27.0 Å². The number of anilines is 1. The molecule has 1 aromatic heterocycles. The number of hydrogen-bond acceptors (Lipinski definition) is 5. The number of hydrogen-bond donors (Lipinski definition) is 2. The second-order valence-electron chi connectivity index (χ2n) is 3.54. The summed E-state index contributed by atoms with van der Waals surface area (Å²) in [5.74, 6) is 1.13. The van der Waals surface area contributed by atoms with Crippen LogP contribution in [0.2, 0.25) is 0 Å². The lowest BCUT2D eigenvalue weighted by Gasteiger charge is -2.21. The summed E-state index contributed by atoms with van der Waals surface area (Å²) in [5, 5.41) is 8.98. The minimum Gasteiger partial charge on any atom is -0.392 e. The van der Waals surface area contributed by atoms with Gasteiger partial charge in [-0.15, -0.1) is 11.8 Å². The third-order valence-electron chi connectivity index (χ3n) is 2.42. The maximum atomic E-state index is 11.6. The molecule has 0 fully saturated rings. The molecule has 1 aliphatic heterocycles. The molecule has 2 rings (SSSR count). The van der Waals surface area contributed by atoms with Crippen LogP contribution in [0.5, 0.6) is 0 Å². The summed E-state index contributed by atoms with van der Waals surface area (Å²) in [6, 6.07) is 1.60. The quantitative estimate of drug-likeness (QED) is 0.729. The van der Waals surface area contributed by atoms with Gasteiger partial charge in [0, 0.05) is 6.20 Å². The van der Waals surface area contributed by atoms with E-state index in [2.05, 4.69) is 4.98 Å². The molecule has 0 aliphatic carbocycles. The number of aliphatic hydroxyl groups is 1.